The van der Waals surface area contributed by atoms with Crippen LogP contribution in [0.2, 0.25) is 10.0 Å². The predicted octanol–water partition coefficient (Wildman–Crippen LogP) is 5.82. The average molecular weight is 671 g/mol. The Bertz CT molecular complexity index is 1490. The van der Waals surface area contributed by atoms with Gasteiger partial charge in [0.25, 0.3) is 10.0 Å². The van der Waals surface area contributed by atoms with Crippen LogP contribution in [0, 0.1) is 6.92 Å². The second-order valence-corrected chi connectivity index (χ2v) is 12.5. The zero-order valence-electron chi connectivity index (χ0n) is 22.4. The highest BCUT2D eigenvalue weighted by atomic mass is 79.9. The molecule has 0 aliphatic heterocycles. The first-order chi connectivity index (χ1) is 18.9. The molecule has 0 aromatic heterocycles. The molecule has 0 saturated carbocycles. The number of ether oxygens (including phenoxy) is 1. The number of hydrogen-bond donors (Lipinski definition) is 1. The van der Waals surface area contributed by atoms with Gasteiger partial charge in [0, 0.05) is 23.1 Å². The van der Waals surface area contributed by atoms with E-state index in [1.807, 2.05) is 6.92 Å². The highest BCUT2D eigenvalue weighted by Crippen LogP contribution is 2.31. The molecule has 0 aliphatic rings. The van der Waals surface area contributed by atoms with E-state index in [4.69, 9.17) is 27.9 Å². The molecule has 2 amide bonds. The van der Waals surface area contributed by atoms with Gasteiger partial charge >= 0.3 is 0 Å². The number of halogens is 3. The number of nitrogens with one attached hydrogen (secondary N) is 1. The van der Waals surface area contributed by atoms with E-state index in [1.54, 1.807) is 56.3 Å². The van der Waals surface area contributed by atoms with Gasteiger partial charge < -0.3 is 15.0 Å². The zero-order valence-corrected chi connectivity index (χ0v) is 26.4. The van der Waals surface area contributed by atoms with Crippen molar-refractivity contribution in [3.05, 3.63) is 86.3 Å². The zero-order chi connectivity index (χ0) is 29.6. The van der Waals surface area contributed by atoms with Crippen LogP contribution in [0.1, 0.15) is 25.0 Å². The van der Waals surface area contributed by atoms with E-state index >= 15 is 0 Å². The van der Waals surface area contributed by atoms with Crippen LogP contribution in [-0.4, -0.2) is 51.4 Å². The number of sulfonamides is 1. The van der Waals surface area contributed by atoms with Gasteiger partial charge in [0.1, 0.15) is 18.3 Å². The number of likely N-dealkylation sites (N-methyl/N-ethyl adjacent to an activating group) is 1. The number of aryl methyl sites for hydroxylation is 1. The highest BCUT2D eigenvalue weighted by molar-refractivity contribution is 9.10. The summed E-state index contributed by atoms with van der Waals surface area (Å²) in [5, 5.41) is 3.46. The standard InChI is InChI=1S/C28H30BrCl2N3O5S/c1-5-32-28(36)19(3)33(16-20-8-9-21(30)14-25(20)31)27(35)17-34(22-10-6-18(2)7-11-22)40(37,38)23-12-13-26(39-4)24(29)15-23/h6-15,19H,5,16-17H2,1-4H3,(H,32,36)/t19-/m1/s1. The first-order valence-electron chi connectivity index (χ1n) is 12.3. The Kier molecular flexibility index (Phi) is 10.9. The van der Waals surface area contributed by atoms with Gasteiger partial charge in [-0.1, -0.05) is 47.0 Å². The van der Waals surface area contributed by atoms with Crippen LogP contribution in [0.4, 0.5) is 5.69 Å². The lowest BCUT2D eigenvalue weighted by atomic mass is 10.1. The van der Waals surface area contributed by atoms with Crippen LogP contribution in [0.15, 0.2) is 70.0 Å². The van der Waals surface area contributed by atoms with Gasteiger partial charge in [-0.3, -0.25) is 13.9 Å². The van der Waals surface area contributed by atoms with Crippen LogP contribution in [0.3, 0.4) is 0 Å². The van der Waals surface area contributed by atoms with Crippen molar-refractivity contribution in [2.45, 2.75) is 38.3 Å². The normalized spacial score (nSPS) is 12.0. The lowest BCUT2D eigenvalue weighted by Gasteiger charge is -2.32. The molecule has 3 rings (SSSR count). The van der Waals surface area contributed by atoms with Crippen LogP contribution < -0.4 is 14.4 Å². The van der Waals surface area contributed by atoms with Crippen molar-refractivity contribution in [2.24, 2.45) is 0 Å². The van der Waals surface area contributed by atoms with Gasteiger partial charge in [0.15, 0.2) is 0 Å². The van der Waals surface area contributed by atoms with E-state index in [0.717, 1.165) is 9.87 Å². The van der Waals surface area contributed by atoms with E-state index in [2.05, 4.69) is 21.2 Å². The first-order valence-corrected chi connectivity index (χ1v) is 15.3. The Hall–Kier alpha value is -2.79. The first kappa shape index (κ1) is 31.7. The molecule has 0 bridgehead atoms. The topological polar surface area (TPSA) is 96.0 Å². The summed E-state index contributed by atoms with van der Waals surface area (Å²) in [7, 11) is -2.75. The summed E-state index contributed by atoms with van der Waals surface area (Å²) in [5.74, 6) is -0.523. The van der Waals surface area contributed by atoms with Gasteiger partial charge in [-0.25, -0.2) is 8.42 Å². The van der Waals surface area contributed by atoms with E-state index in [9.17, 15) is 18.0 Å². The van der Waals surface area contributed by atoms with Crippen LogP contribution in [-0.2, 0) is 26.2 Å². The maximum Gasteiger partial charge on any atom is 0.264 e. The van der Waals surface area contributed by atoms with Gasteiger partial charge in [-0.2, -0.15) is 0 Å². The Morgan fingerprint density at radius 3 is 2.30 bits per heavy atom. The van der Waals surface area contributed by atoms with Crippen LogP contribution >= 0.6 is 39.1 Å². The third-order valence-corrected chi connectivity index (χ3v) is 9.16. The number of rotatable bonds is 11. The Balaban J connectivity index is 2.07. The highest BCUT2D eigenvalue weighted by Gasteiger charge is 2.33. The van der Waals surface area contributed by atoms with Crippen molar-refractivity contribution in [3.63, 3.8) is 0 Å². The largest absolute Gasteiger partial charge is 0.496 e. The lowest BCUT2D eigenvalue weighted by Crippen LogP contribution is -2.51. The fraction of sp³-hybridized carbons (Fsp3) is 0.286. The number of amides is 2. The molecule has 0 aliphatic carbocycles. The fourth-order valence-corrected chi connectivity index (χ4v) is 6.51. The molecule has 0 fully saturated rings. The molecular formula is C28H30BrCl2N3O5S. The van der Waals surface area contributed by atoms with E-state index in [-0.39, 0.29) is 17.3 Å². The maximum atomic E-state index is 14.0. The molecule has 0 radical (unpaired) electrons. The fourth-order valence-electron chi connectivity index (χ4n) is 3.91. The monoisotopic (exact) mass is 669 g/mol. The summed E-state index contributed by atoms with van der Waals surface area (Å²) >= 11 is 15.8. The van der Waals surface area contributed by atoms with E-state index < -0.39 is 28.5 Å². The average Bonchev–Trinajstić information content (AvgIpc) is 2.91. The van der Waals surface area contributed by atoms with Crippen molar-refractivity contribution in [1.82, 2.24) is 10.2 Å². The van der Waals surface area contributed by atoms with Crippen molar-refractivity contribution in [1.29, 1.82) is 0 Å². The number of nitrogens with zero attached hydrogens (tertiary/aromatic N) is 2. The molecule has 1 atom stereocenters. The van der Waals surface area contributed by atoms with Gasteiger partial charge in [-0.05, 0) is 84.7 Å². The minimum atomic E-state index is -4.23. The molecule has 0 heterocycles. The summed E-state index contributed by atoms with van der Waals surface area (Å²) in [6.45, 7) is 4.99. The second-order valence-electron chi connectivity index (χ2n) is 8.97. The maximum absolute atomic E-state index is 14.0. The summed E-state index contributed by atoms with van der Waals surface area (Å²) in [4.78, 5) is 28.0. The number of anilines is 1. The third kappa shape index (κ3) is 7.48. The van der Waals surface area contributed by atoms with Gasteiger partial charge in [0.2, 0.25) is 11.8 Å². The third-order valence-electron chi connectivity index (χ3n) is 6.19. The van der Waals surface area contributed by atoms with Crippen molar-refractivity contribution >= 4 is 66.7 Å². The molecule has 0 saturated heterocycles. The van der Waals surface area contributed by atoms with Gasteiger partial charge in [-0.15, -0.1) is 0 Å². The minimum absolute atomic E-state index is 0.0387. The lowest BCUT2D eigenvalue weighted by molar-refractivity contribution is -0.139. The molecule has 214 valence electrons. The second kappa shape index (κ2) is 13.7. The summed E-state index contributed by atoms with van der Waals surface area (Å²) < 4.78 is 34.6. The van der Waals surface area contributed by atoms with Crippen molar-refractivity contribution in [2.75, 3.05) is 24.5 Å². The SMILES string of the molecule is CCNC(=O)[C@@H](C)N(Cc1ccc(Cl)cc1Cl)C(=O)CN(c1ccc(C)cc1)S(=O)(=O)c1ccc(OC)c(Br)c1. The van der Waals surface area contributed by atoms with Gasteiger partial charge in [0.05, 0.1) is 22.2 Å². The Labute approximate surface area is 253 Å². The number of carbonyl (C=O) groups is 2. The number of benzene rings is 3. The van der Waals surface area contributed by atoms with E-state index in [1.165, 1.54) is 30.2 Å². The molecule has 40 heavy (non-hydrogen) atoms. The molecule has 1 N–H and O–H groups in total. The van der Waals surface area contributed by atoms with Crippen LogP contribution in [0.25, 0.3) is 0 Å². The quantitative estimate of drug-likeness (QED) is 0.277. The van der Waals surface area contributed by atoms with E-state index in [0.29, 0.717) is 38.1 Å². The number of carbonyl (C=O) groups excluding carboxylic acids is 2. The molecule has 3 aromatic carbocycles. The molecular weight excluding hydrogens is 641 g/mol. The Morgan fingerprint density at radius 1 is 1.05 bits per heavy atom. The molecule has 0 unspecified atom stereocenters. The predicted molar refractivity (Wildman–Crippen MR) is 162 cm³/mol. The smallest absolute Gasteiger partial charge is 0.264 e. The number of methoxy groups -OCH3 is 1. The molecule has 12 heteroatoms. The van der Waals surface area contributed by atoms with Crippen LogP contribution in [0.5, 0.6) is 5.75 Å². The summed E-state index contributed by atoms with van der Waals surface area (Å²) in [5.41, 5.74) is 1.77. The number of hydrogen-bond acceptors (Lipinski definition) is 5. The summed E-state index contributed by atoms with van der Waals surface area (Å²) in [6.07, 6.45) is 0. The molecule has 8 nitrogen and oxygen atoms in total. The van der Waals surface area contributed by atoms with Crippen molar-refractivity contribution < 1.29 is 22.7 Å². The molecule has 0 spiro atoms. The summed E-state index contributed by atoms with van der Waals surface area (Å²) in [6, 6.07) is 15.1. The Morgan fingerprint density at radius 2 is 1.73 bits per heavy atom. The van der Waals surface area contributed by atoms with Crippen molar-refractivity contribution in [3.8, 4) is 5.75 Å². The minimum Gasteiger partial charge on any atom is -0.496 e. The molecule has 3 aromatic rings.